The minimum Gasteiger partial charge on any atom is -0.338 e. The molecule has 0 bridgehead atoms. The van der Waals surface area contributed by atoms with Crippen molar-refractivity contribution in [2.75, 3.05) is 11.9 Å². The van der Waals surface area contributed by atoms with Gasteiger partial charge in [0.2, 0.25) is 0 Å². The molecule has 1 fully saturated rings. The molecule has 2 heterocycles. The van der Waals surface area contributed by atoms with Gasteiger partial charge in [0.1, 0.15) is 5.39 Å². The third-order valence-corrected chi connectivity index (χ3v) is 5.71. The van der Waals surface area contributed by atoms with Crippen LogP contribution in [0.1, 0.15) is 37.3 Å². The molecule has 7 nitrogen and oxygen atoms in total. The van der Waals surface area contributed by atoms with Crippen LogP contribution in [0.4, 0.5) is 24.7 Å². The number of alkyl halides is 3. The highest BCUT2D eigenvalue weighted by Crippen LogP contribution is 2.36. The van der Waals surface area contributed by atoms with Crippen LogP contribution in [0, 0.1) is 17.2 Å². The number of pyridine rings is 1. The van der Waals surface area contributed by atoms with E-state index in [1.165, 1.54) is 0 Å². The summed E-state index contributed by atoms with van der Waals surface area (Å²) >= 11 is 0. The van der Waals surface area contributed by atoms with Gasteiger partial charge < -0.3 is 15.6 Å². The monoisotopic (exact) mass is 444 g/mol. The maximum absolute atomic E-state index is 12.6. The van der Waals surface area contributed by atoms with Gasteiger partial charge in [-0.15, -0.1) is 0 Å². The lowest BCUT2D eigenvalue weighted by molar-refractivity contribution is -0.125. The lowest BCUT2D eigenvalue weighted by Crippen LogP contribution is -2.28. The van der Waals surface area contributed by atoms with Crippen molar-refractivity contribution in [2.24, 2.45) is 5.92 Å². The zero-order chi connectivity index (χ0) is 22.7. The van der Waals surface area contributed by atoms with Crippen molar-refractivity contribution >= 4 is 22.4 Å². The first kappa shape index (κ1) is 21.9. The molecular weight excluding hydrogens is 421 g/mol. The summed E-state index contributed by atoms with van der Waals surface area (Å²) in [7, 11) is 0. The van der Waals surface area contributed by atoms with Crippen molar-refractivity contribution in [1.82, 2.24) is 20.1 Å². The van der Waals surface area contributed by atoms with Gasteiger partial charge in [0.05, 0.1) is 30.1 Å². The second-order valence-corrected chi connectivity index (χ2v) is 7.99. The van der Waals surface area contributed by atoms with E-state index in [0.29, 0.717) is 28.0 Å². The number of H-pyrrole nitrogens is 1. The zero-order valence-electron chi connectivity index (χ0n) is 17.2. The highest BCUT2D eigenvalue weighted by Gasteiger charge is 2.30. The average molecular weight is 444 g/mol. The number of anilines is 2. The summed E-state index contributed by atoms with van der Waals surface area (Å²) in [6, 6.07) is 10.9. The lowest BCUT2D eigenvalue weighted by atomic mass is 9.85. The topological polar surface area (TPSA) is 98.5 Å². The van der Waals surface area contributed by atoms with Crippen LogP contribution < -0.4 is 16.2 Å². The molecule has 0 radical (unpaired) electrons. The van der Waals surface area contributed by atoms with Gasteiger partial charge in [-0.2, -0.15) is 23.5 Å². The molecule has 0 amide bonds. The summed E-state index contributed by atoms with van der Waals surface area (Å²) in [4.78, 5) is 15.2. The molecule has 1 aliphatic rings. The largest absolute Gasteiger partial charge is 0.401 e. The molecule has 4 rings (SSSR count). The number of aromatic nitrogens is 3. The highest BCUT2D eigenvalue weighted by atomic mass is 19.4. The van der Waals surface area contributed by atoms with E-state index in [2.05, 4.69) is 26.8 Å². The van der Waals surface area contributed by atoms with Gasteiger partial charge >= 0.3 is 6.18 Å². The van der Waals surface area contributed by atoms with Gasteiger partial charge in [-0.3, -0.25) is 9.48 Å². The van der Waals surface area contributed by atoms with Gasteiger partial charge in [-0.25, -0.2) is 0 Å². The van der Waals surface area contributed by atoms with E-state index >= 15 is 0 Å². The Balaban J connectivity index is 1.58. The van der Waals surface area contributed by atoms with Crippen LogP contribution >= 0.6 is 0 Å². The van der Waals surface area contributed by atoms with Crippen LogP contribution in [0.5, 0.6) is 0 Å². The number of fused-ring (bicyclic) bond motifs is 1. The van der Waals surface area contributed by atoms with Gasteiger partial charge in [-0.1, -0.05) is 25.0 Å². The average Bonchev–Trinajstić information content (AvgIpc) is 3.13. The van der Waals surface area contributed by atoms with Crippen molar-refractivity contribution in [2.45, 2.75) is 44.4 Å². The Bertz CT molecular complexity index is 1180. The van der Waals surface area contributed by atoms with E-state index < -0.39 is 12.7 Å². The van der Waals surface area contributed by atoms with Crippen LogP contribution in [-0.2, 0) is 6.54 Å². The quantitative estimate of drug-likeness (QED) is 0.524. The van der Waals surface area contributed by atoms with E-state index in [4.69, 9.17) is 0 Å². The molecule has 10 heteroatoms. The number of hydrogen-bond acceptors (Lipinski definition) is 5. The first-order valence-corrected chi connectivity index (χ1v) is 10.5. The summed E-state index contributed by atoms with van der Waals surface area (Å²) in [5.74, 6) is 0.217. The molecule has 3 aromatic rings. The molecule has 0 saturated heterocycles. The van der Waals surface area contributed by atoms with Crippen LogP contribution in [0.25, 0.3) is 10.9 Å². The van der Waals surface area contributed by atoms with Crippen molar-refractivity contribution in [3.63, 3.8) is 0 Å². The number of nitriles is 1. The normalized spacial score (nSPS) is 19.1. The minimum absolute atomic E-state index is 0.0915. The first-order chi connectivity index (χ1) is 15.4. The van der Waals surface area contributed by atoms with Gasteiger partial charge in [0.25, 0.3) is 5.56 Å². The molecular formula is C22H23F3N6O. The van der Waals surface area contributed by atoms with Gasteiger partial charge in [0, 0.05) is 18.4 Å². The highest BCUT2D eigenvalue weighted by molar-refractivity contribution is 5.91. The Morgan fingerprint density at radius 2 is 1.94 bits per heavy atom. The Morgan fingerprint density at radius 1 is 1.19 bits per heavy atom. The molecule has 1 aliphatic carbocycles. The van der Waals surface area contributed by atoms with Crippen LogP contribution in [-0.4, -0.2) is 27.5 Å². The van der Waals surface area contributed by atoms with Crippen molar-refractivity contribution in [3.8, 4) is 6.07 Å². The Hall–Kier alpha value is -3.32. The molecule has 0 spiro atoms. The number of rotatable bonds is 6. The predicted molar refractivity (Wildman–Crippen MR) is 114 cm³/mol. The minimum atomic E-state index is -4.25. The van der Waals surface area contributed by atoms with E-state index in [0.717, 1.165) is 25.7 Å². The summed E-state index contributed by atoms with van der Waals surface area (Å²) in [6.45, 7) is -0.960. The molecule has 0 unspecified atom stereocenters. The number of hydrogen-bond donors (Lipinski definition) is 3. The predicted octanol–water partition coefficient (Wildman–Crippen LogP) is 4.37. The van der Waals surface area contributed by atoms with E-state index in [1.807, 2.05) is 0 Å². The number of nitrogens with zero attached hydrogens (tertiary/aromatic N) is 3. The fraction of sp³-hybridized carbons (Fsp3) is 0.409. The molecule has 3 N–H and O–H groups in total. The number of halogens is 3. The maximum Gasteiger partial charge on any atom is 0.401 e. The smallest absolute Gasteiger partial charge is 0.338 e. The van der Waals surface area contributed by atoms with Crippen LogP contribution in [0.2, 0.25) is 0 Å². The van der Waals surface area contributed by atoms with E-state index in [-0.39, 0.29) is 24.1 Å². The third kappa shape index (κ3) is 4.78. The second kappa shape index (κ2) is 9.04. The molecule has 1 aromatic carbocycles. The summed E-state index contributed by atoms with van der Waals surface area (Å²) in [5.41, 5.74) is 1.73. The molecule has 168 valence electrons. The first-order valence-electron chi connectivity index (χ1n) is 10.5. The van der Waals surface area contributed by atoms with Crippen LogP contribution in [0.15, 0.2) is 41.3 Å². The standard InChI is InChI=1S/C22H23F3N6O/c23-22(24,25)13-27-12-14-5-7-16(8-6-14)29-20-19-18(9-10-28-21(19)32)31(30-20)17-4-2-1-3-15(17)11-26/h5-10,15,17,27H,1-4,12-13H2,(H,28,32)(H,29,30)/t15-,17+/m1/s1. The second-order valence-electron chi connectivity index (χ2n) is 7.99. The Kier molecular flexibility index (Phi) is 6.19. The molecule has 0 aliphatic heterocycles. The zero-order valence-corrected chi connectivity index (χ0v) is 17.2. The van der Waals surface area contributed by atoms with Crippen molar-refractivity contribution in [1.29, 1.82) is 5.26 Å². The SMILES string of the molecule is N#C[C@H]1CCCC[C@@H]1n1nc(Nc2ccc(CNCC(F)(F)F)cc2)c2c(=O)[nH]ccc21. The molecule has 2 aromatic heterocycles. The van der Waals surface area contributed by atoms with Crippen LogP contribution in [0.3, 0.4) is 0 Å². The van der Waals surface area contributed by atoms with Crippen molar-refractivity contribution in [3.05, 3.63) is 52.4 Å². The molecule has 1 saturated carbocycles. The maximum atomic E-state index is 12.6. The molecule has 2 atom stereocenters. The van der Waals surface area contributed by atoms with E-state index in [1.54, 1.807) is 41.2 Å². The van der Waals surface area contributed by atoms with Crippen molar-refractivity contribution < 1.29 is 13.2 Å². The van der Waals surface area contributed by atoms with E-state index in [9.17, 15) is 23.2 Å². The fourth-order valence-electron chi connectivity index (χ4n) is 4.19. The molecule has 32 heavy (non-hydrogen) atoms. The summed E-state index contributed by atoms with van der Waals surface area (Å²) in [6.07, 6.45) is 0.944. The Morgan fingerprint density at radius 3 is 2.66 bits per heavy atom. The number of benzene rings is 1. The van der Waals surface area contributed by atoms with Gasteiger partial charge in [-0.05, 0) is 36.6 Å². The summed E-state index contributed by atoms with van der Waals surface area (Å²) in [5, 5.41) is 20.2. The number of nitrogens with one attached hydrogen (secondary N) is 3. The lowest BCUT2D eigenvalue weighted by Gasteiger charge is -2.27. The fourth-order valence-corrected chi connectivity index (χ4v) is 4.19. The third-order valence-electron chi connectivity index (χ3n) is 5.71. The number of aromatic amines is 1. The summed E-state index contributed by atoms with van der Waals surface area (Å²) < 4.78 is 38.6. The van der Waals surface area contributed by atoms with Gasteiger partial charge in [0.15, 0.2) is 5.82 Å². The Labute approximate surface area is 182 Å².